The van der Waals surface area contributed by atoms with E-state index < -0.39 is 0 Å². The molecule has 21 heavy (non-hydrogen) atoms. The van der Waals surface area contributed by atoms with Crippen LogP contribution in [0.3, 0.4) is 0 Å². The van der Waals surface area contributed by atoms with Gasteiger partial charge in [0, 0.05) is 16.0 Å². The lowest BCUT2D eigenvalue weighted by Crippen LogP contribution is -2.10. The zero-order valence-corrected chi connectivity index (χ0v) is 13.2. The zero-order chi connectivity index (χ0) is 14.7. The van der Waals surface area contributed by atoms with Crippen LogP contribution in [0.2, 0.25) is 0 Å². The third-order valence-electron chi connectivity index (χ3n) is 4.15. The van der Waals surface area contributed by atoms with Gasteiger partial charge in [0.2, 0.25) is 0 Å². The molecule has 0 bridgehead atoms. The maximum Gasteiger partial charge on any atom is 0.193 e. The van der Waals surface area contributed by atoms with Gasteiger partial charge in [-0.3, -0.25) is 4.79 Å². The van der Waals surface area contributed by atoms with Gasteiger partial charge in [0.15, 0.2) is 5.78 Å². The first kappa shape index (κ1) is 14.4. The average Bonchev–Trinajstić information content (AvgIpc) is 2.46. The maximum atomic E-state index is 12.6. The second-order valence-corrected chi connectivity index (χ2v) is 6.88. The molecule has 1 aliphatic carbocycles. The van der Waals surface area contributed by atoms with Gasteiger partial charge in [0.05, 0.1) is 0 Å². The van der Waals surface area contributed by atoms with Crippen molar-refractivity contribution in [3.8, 4) is 0 Å². The van der Waals surface area contributed by atoms with Gasteiger partial charge in [-0.05, 0) is 60.4 Å². The number of hydrogen-bond donors (Lipinski definition) is 0. The van der Waals surface area contributed by atoms with Crippen LogP contribution in [0.1, 0.15) is 53.6 Å². The van der Waals surface area contributed by atoms with E-state index in [0.29, 0.717) is 5.92 Å². The van der Waals surface area contributed by atoms with Crippen LogP contribution in [0.25, 0.3) is 0 Å². The van der Waals surface area contributed by atoms with E-state index in [1.54, 1.807) is 11.8 Å². The quantitative estimate of drug-likeness (QED) is 0.550. The first-order chi connectivity index (χ1) is 10.3. The van der Waals surface area contributed by atoms with Gasteiger partial charge in [-0.15, -0.1) is 11.8 Å². The minimum Gasteiger partial charge on any atom is -0.289 e. The van der Waals surface area contributed by atoms with Crippen molar-refractivity contribution in [3.05, 3.63) is 65.2 Å². The van der Waals surface area contributed by atoms with Crippen molar-refractivity contribution >= 4 is 17.5 Å². The number of hydrogen-bond acceptors (Lipinski definition) is 2. The number of carbonyl (C=O) groups excluding carboxylic acids is 1. The first-order valence-electron chi connectivity index (χ1n) is 7.65. The standard InChI is InChI=1S/C19H20OS/c1-2-21-18-11-9-15(10-12-18)19(20)17-8-4-7-16(13-17)14-5-3-6-14/h4,7-14H,2-3,5-6H2,1H3. The molecule has 0 spiro atoms. The highest BCUT2D eigenvalue weighted by atomic mass is 32.2. The van der Waals surface area contributed by atoms with Crippen LogP contribution >= 0.6 is 11.8 Å². The van der Waals surface area contributed by atoms with Crippen LogP contribution in [-0.2, 0) is 0 Å². The predicted octanol–water partition coefficient (Wildman–Crippen LogP) is 5.30. The van der Waals surface area contributed by atoms with E-state index in [9.17, 15) is 4.79 Å². The molecule has 2 aromatic rings. The molecule has 1 fully saturated rings. The van der Waals surface area contributed by atoms with Crippen molar-refractivity contribution < 1.29 is 4.79 Å². The van der Waals surface area contributed by atoms with Crippen molar-refractivity contribution in [3.63, 3.8) is 0 Å². The third kappa shape index (κ3) is 3.21. The van der Waals surface area contributed by atoms with E-state index in [1.165, 1.54) is 29.7 Å². The Morgan fingerprint density at radius 3 is 2.48 bits per heavy atom. The Morgan fingerprint density at radius 1 is 1.10 bits per heavy atom. The monoisotopic (exact) mass is 296 g/mol. The Balaban J connectivity index is 1.80. The molecule has 0 unspecified atom stereocenters. The van der Waals surface area contributed by atoms with Crippen molar-refractivity contribution in [1.29, 1.82) is 0 Å². The average molecular weight is 296 g/mol. The summed E-state index contributed by atoms with van der Waals surface area (Å²) in [4.78, 5) is 13.8. The molecule has 1 saturated carbocycles. The molecule has 0 aromatic heterocycles. The van der Waals surface area contributed by atoms with Crippen LogP contribution in [0, 0.1) is 0 Å². The Hall–Kier alpha value is -1.54. The fourth-order valence-electron chi connectivity index (χ4n) is 2.71. The topological polar surface area (TPSA) is 17.1 Å². The highest BCUT2D eigenvalue weighted by molar-refractivity contribution is 7.99. The zero-order valence-electron chi connectivity index (χ0n) is 12.3. The summed E-state index contributed by atoms with van der Waals surface area (Å²) in [6.45, 7) is 2.13. The molecular formula is C19H20OS. The summed E-state index contributed by atoms with van der Waals surface area (Å²) in [7, 11) is 0. The van der Waals surface area contributed by atoms with Crippen molar-refractivity contribution in [2.75, 3.05) is 5.75 Å². The van der Waals surface area contributed by atoms with Gasteiger partial charge >= 0.3 is 0 Å². The lowest BCUT2D eigenvalue weighted by Gasteiger charge is -2.26. The fourth-order valence-corrected chi connectivity index (χ4v) is 3.37. The molecule has 3 rings (SSSR count). The van der Waals surface area contributed by atoms with Gasteiger partial charge < -0.3 is 0 Å². The van der Waals surface area contributed by atoms with Gasteiger partial charge in [-0.2, -0.15) is 0 Å². The van der Waals surface area contributed by atoms with E-state index in [1.807, 2.05) is 36.4 Å². The van der Waals surface area contributed by atoms with Crippen LogP contribution < -0.4 is 0 Å². The fraction of sp³-hybridized carbons (Fsp3) is 0.316. The number of rotatable bonds is 5. The lowest BCUT2D eigenvalue weighted by atomic mass is 9.79. The third-order valence-corrected chi connectivity index (χ3v) is 5.05. The second kappa shape index (κ2) is 6.48. The van der Waals surface area contributed by atoms with Crippen LogP contribution in [0.5, 0.6) is 0 Å². The Morgan fingerprint density at radius 2 is 1.86 bits per heavy atom. The Kier molecular flexibility index (Phi) is 4.45. The highest BCUT2D eigenvalue weighted by Crippen LogP contribution is 2.36. The summed E-state index contributed by atoms with van der Waals surface area (Å²) in [5.41, 5.74) is 2.92. The minimum atomic E-state index is 0.129. The van der Waals surface area contributed by atoms with E-state index in [4.69, 9.17) is 0 Å². The Labute approximate surface area is 130 Å². The summed E-state index contributed by atoms with van der Waals surface area (Å²) >= 11 is 1.80. The van der Waals surface area contributed by atoms with Gasteiger partial charge in [-0.1, -0.05) is 31.5 Å². The van der Waals surface area contributed by atoms with E-state index in [2.05, 4.69) is 19.1 Å². The number of carbonyl (C=O) groups is 1. The number of ketones is 1. The van der Waals surface area contributed by atoms with Crippen molar-refractivity contribution in [2.24, 2.45) is 0 Å². The van der Waals surface area contributed by atoms with E-state index in [0.717, 1.165) is 16.9 Å². The summed E-state index contributed by atoms with van der Waals surface area (Å²) < 4.78 is 0. The Bertz CT molecular complexity index is 626. The molecule has 0 atom stereocenters. The number of thioether (sulfide) groups is 1. The van der Waals surface area contributed by atoms with E-state index >= 15 is 0 Å². The molecule has 2 heteroatoms. The van der Waals surface area contributed by atoms with Crippen LogP contribution in [0.4, 0.5) is 0 Å². The molecular weight excluding hydrogens is 276 g/mol. The summed E-state index contributed by atoms with van der Waals surface area (Å²) in [6.07, 6.45) is 3.85. The molecule has 1 nitrogen and oxygen atoms in total. The van der Waals surface area contributed by atoms with Gasteiger partial charge in [0.1, 0.15) is 0 Å². The molecule has 0 amide bonds. The van der Waals surface area contributed by atoms with Crippen molar-refractivity contribution in [2.45, 2.75) is 37.0 Å². The maximum absolute atomic E-state index is 12.6. The molecule has 1 aliphatic rings. The molecule has 0 aliphatic heterocycles. The molecule has 0 N–H and O–H groups in total. The molecule has 108 valence electrons. The first-order valence-corrected chi connectivity index (χ1v) is 8.64. The molecule has 0 heterocycles. The number of benzene rings is 2. The smallest absolute Gasteiger partial charge is 0.193 e. The summed E-state index contributed by atoms with van der Waals surface area (Å²) in [5, 5.41) is 0. The molecule has 0 radical (unpaired) electrons. The lowest BCUT2D eigenvalue weighted by molar-refractivity contribution is 0.103. The summed E-state index contributed by atoms with van der Waals surface area (Å²) in [6, 6.07) is 16.1. The predicted molar refractivity (Wildman–Crippen MR) is 89.3 cm³/mol. The molecule has 0 saturated heterocycles. The highest BCUT2D eigenvalue weighted by Gasteiger charge is 2.20. The van der Waals surface area contributed by atoms with Crippen molar-refractivity contribution in [1.82, 2.24) is 0 Å². The van der Waals surface area contributed by atoms with Crippen LogP contribution in [0.15, 0.2) is 53.4 Å². The van der Waals surface area contributed by atoms with Crippen LogP contribution in [-0.4, -0.2) is 11.5 Å². The van der Waals surface area contributed by atoms with Gasteiger partial charge in [0.25, 0.3) is 0 Å². The summed E-state index contributed by atoms with van der Waals surface area (Å²) in [5.74, 6) is 1.85. The minimum absolute atomic E-state index is 0.129. The molecule has 2 aromatic carbocycles. The van der Waals surface area contributed by atoms with E-state index in [-0.39, 0.29) is 5.78 Å². The normalized spacial score (nSPS) is 14.7. The largest absolute Gasteiger partial charge is 0.289 e. The SMILES string of the molecule is CCSc1ccc(C(=O)c2cccc(C3CCC3)c2)cc1. The second-order valence-electron chi connectivity index (χ2n) is 5.54. The van der Waals surface area contributed by atoms with Gasteiger partial charge in [-0.25, -0.2) is 0 Å².